The van der Waals surface area contributed by atoms with E-state index in [-0.39, 0.29) is 18.5 Å². The summed E-state index contributed by atoms with van der Waals surface area (Å²) in [7, 11) is 0. The van der Waals surface area contributed by atoms with Gasteiger partial charge in [0.25, 0.3) is 0 Å². The number of benzene rings is 1. The lowest BCUT2D eigenvalue weighted by molar-refractivity contribution is -0.122. The molecule has 3 heterocycles. The van der Waals surface area contributed by atoms with E-state index in [1.165, 1.54) is 4.80 Å². The first kappa shape index (κ1) is 18.0. The molecule has 1 amide bonds. The Balaban J connectivity index is 1.33. The fraction of sp³-hybridized carbons (Fsp3) is 0.368. The van der Waals surface area contributed by atoms with E-state index in [1.54, 1.807) is 0 Å². The van der Waals surface area contributed by atoms with Gasteiger partial charge >= 0.3 is 0 Å². The molecule has 4 rings (SSSR count). The van der Waals surface area contributed by atoms with Gasteiger partial charge in [-0.25, -0.2) is 0 Å². The average molecular weight is 378 g/mol. The lowest BCUT2D eigenvalue weighted by Gasteiger charge is -2.33. The number of nitrogens with zero attached hydrogens (tertiary/aromatic N) is 7. The van der Waals surface area contributed by atoms with Crippen LogP contribution in [0.2, 0.25) is 0 Å². The number of anilines is 1. The van der Waals surface area contributed by atoms with Crippen LogP contribution in [-0.2, 0) is 11.3 Å². The second kappa shape index (κ2) is 8.12. The molecule has 9 nitrogen and oxygen atoms in total. The number of carbonyl (C=O) groups is 1. The molecule has 1 atom stereocenters. The molecule has 0 aliphatic carbocycles. The fourth-order valence-corrected chi connectivity index (χ4v) is 3.28. The smallest absolute Gasteiger partial charge is 0.243 e. The van der Waals surface area contributed by atoms with Gasteiger partial charge in [0, 0.05) is 24.7 Å². The van der Waals surface area contributed by atoms with Gasteiger partial charge in [-0.2, -0.15) is 9.90 Å². The van der Waals surface area contributed by atoms with Crippen molar-refractivity contribution >= 4 is 11.7 Å². The lowest BCUT2D eigenvalue weighted by Crippen LogP contribution is -2.49. The van der Waals surface area contributed by atoms with E-state index in [4.69, 9.17) is 0 Å². The van der Waals surface area contributed by atoms with Gasteiger partial charge in [0.05, 0.1) is 5.69 Å². The van der Waals surface area contributed by atoms with E-state index < -0.39 is 0 Å². The van der Waals surface area contributed by atoms with Crippen molar-refractivity contribution in [1.82, 2.24) is 35.7 Å². The number of piperidine rings is 1. The number of rotatable bonds is 5. The highest BCUT2D eigenvalue weighted by Gasteiger charge is 2.23. The van der Waals surface area contributed by atoms with Crippen molar-refractivity contribution in [1.29, 1.82) is 0 Å². The first-order valence-electron chi connectivity index (χ1n) is 9.35. The van der Waals surface area contributed by atoms with Gasteiger partial charge in [-0.3, -0.25) is 4.79 Å². The minimum atomic E-state index is -0.126. The Bertz CT molecular complexity index is 925. The molecule has 1 N–H and O–H groups in total. The Morgan fingerprint density at radius 3 is 2.79 bits per heavy atom. The quantitative estimate of drug-likeness (QED) is 0.712. The monoisotopic (exact) mass is 378 g/mol. The van der Waals surface area contributed by atoms with Gasteiger partial charge in [0.2, 0.25) is 11.7 Å². The summed E-state index contributed by atoms with van der Waals surface area (Å²) in [6.45, 7) is 3.58. The summed E-state index contributed by atoms with van der Waals surface area (Å²) in [5.41, 5.74) is 1.76. The molecule has 0 radical (unpaired) electrons. The van der Waals surface area contributed by atoms with Crippen LogP contribution in [0.5, 0.6) is 0 Å². The molecular weight excluding hydrogens is 356 g/mol. The summed E-state index contributed by atoms with van der Waals surface area (Å²) in [6.07, 6.45) is 1.92. The fourth-order valence-electron chi connectivity index (χ4n) is 3.28. The number of nitrogens with one attached hydrogen (secondary N) is 1. The summed E-state index contributed by atoms with van der Waals surface area (Å²) in [4.78, 5) is 15.9. The molecule has 1 aliphatic heterocycles. The second-order valence-corrected chi connectivity index (χ2v) is 6.90. The molecule has 28 heavy (non-hydrogen) atoms. The third kappa shape index (κ3) is 4.30. The zero-order valence-electron chi connectivity index (χ0n) is 15.7. The number of aryl methyl sites for hydroxylation is 1. The van der Waals surface area contributed by atoms with Crippen molar-refractivity contribution < 1.29 is 4.79 Å². The summed E-state index contributed by atoms with van der Waals surface area (Å²) in [5.74, 6) is 1.23. The maximum absolute atomic E-state index is 12.4. The molecular formula is C19H22N8O. The van der Waals surface area contributed by atoms with Crippen LogP contribution < -0.4 is 10.2 Å². The van der Waals surface area contributed by atoms with Crippen LogP contribution in [0.4, 0.5) is 5.82 Å². The van der Waals surface area contributed by atoms with Crippen LogP contribution in [0.15, 0.2) is 42.5 Å². The number of aromatic nitrogens is 6. The SMILES string of the molecule is Cc1ccc(N2CCCC(NC(=O)Cn3nnc(-c4ccccc4)n3)C2)nn1. The Hall–Kier alpha value is -3.36. The van der Waals surface area contributed by atoms with Crippen molar-refractivity contribution in [3.05, 3.63) is 48.2 Å². The van der Waals surface area contributed by atoms with Gasteiger partial charge in [-0.15, -0.1) is 15.3 Å². The number of tetrazole rings is 1. The number of amides is 1. The zero-order valence-corrected chi connectivity index (χ0v) is 15.7. The second-order valence-electron chi connectivity index (χ2n) is 6.90. The van der Waals surface area contributed by atoms with Gasteiger partial charge in [0.15, 0.2) is 5.82 Å². The largest absolute Gasteiger partial charge is 0.353 e. The van der Waals surface area contributed by atoms with Crippen molar-refractivity contribution in [2.75, 3.05) is 18.0 Å². The van der Waals surface area contributed by atoms with Crippen molar-refractivity contribution in [3.63, 3.8) is 0 Å². The van der Waals surface area contributed by atoms with E-state index in [0.717, 1.165) is 36.5 Å². The van der Waals surface area contributed by atoms with Gasteiger partial charge < -0.3 is 10.2 Å². The highest BCUT2D eigenvalue weighted by atomic mass is 16.2. The topological polar surface area (TPSA) is 102 Å². The van der Waals surface area contributed by atoms with E-state index in [1.807, 2.05) is 49.4 Å². The minimum absolute atomic E-state index is 0.0423. The van der Waals surface area contributed by atoms with Crippen LogP contribution in [-0.4, -0.2) is 55.4 Å². The Morgan fingerprint density at radius 2 is 2.00 bits per heavy atom. The zero-order chi connectivity index (χ0) is 19.3. The third-order valence-corrected chi connectivity index (χ3v) is 4.66. The van der Waals surface area contributed by atoms with Crippen LogP contribution in [0.25, 0.3) is 11.4 Å². The maximum Gasteiger partial charge on any atom is 0.243 e. The van der Waals surface area contributed by atoms with Gasteiger partial charge in [-0.1, -0.05) is 30.3 Å². The highest BCUT2D eigenvalue weighted by Crippen LogP contribution is 2.17. The lowest BCUT2D eigenvalue weighted by atomic mass is 10.1. The van der Waals surface area contributed by atoms with Gasteiger partial charge in [-0.05, 0) is 37.1 Å². The number of hydrogen-bond donors (Lipinski definition) is 1. The number of hydrogen-bond acceptors (Lipinski definition) is 7. The Kier molecular flexibility index (Phi) is 5.22. The van der Waals surface area contributed by atoms with Crippen LogP contribution in [0.3, 0.4) is 0 Å². The summed E-state index contributed by atoms with van der Waals surface area (Å²) >= 11 is 0. The molecule has 1 fully saturated rings. The van der Waals surface area contributed by atoms with E-state index in [9.17, 15) is 4.79 Å². The predicted molar refractivity (Wildman–Crippen MR) is 103 cm³/mol. The molecule has 0 spiro atoms. The molecule has 9 heteroatoms. The van der Waals surface area contributed by atoms with Crippen molar-refractivity contribution in [3.8, 4) is 11.4 Å². The minimum Gasteiger partial charge on any atom is -0.353 e. The number of carbonyl (C=O) groups excluding carboxylic acids is 1. The molecule has 0 bridgehead atoms. The van der Waals surface area contributed by atoms with Crippen molar-refractivity contribution in [2.45, 2.75) is 32.4 Å². The molecule has 3 aromatic rings. The first-order chi connectivity index (χ1) is 13.7. The standard InChI is InChI=1S/C19H22N8O/c1-14-9-10-17(22-21-14)26-11-5-8-16(12-26)20-18(28)13-27-24-19(23-25-27)15-6-3-2-4-7-15/h2-4,6-7,9-10,16H,5,8,11-13H2,1H3,(H,20,28). The molecule has 1 aliphatic rings. The highest BCUT2D eigenvalue weighted by molar-refractivity contribution is 5.76. The molecule has 1 aromatic carbocycles. The van der Waals surface area contributed by atoms with Crippen LogP contribution >= 0.6 is 0 Å². The van der Waals surface area contributed by atoms with Gasteiger partial charge in [0.1, 0.15) is 6.54 Å². The molecule has 1 unspecified atom stereocenters. The molecule has 2 aromatic heterocycles. The normalized spacial score (nSPS) is 16.8. The van der Waals surface area contributed by atoms with E-state index in [2.05, 4.69) is 35.8 Å². The Labute approximate surface area is 162 Å². The van der Waals surface area contributed by atoms with Crippen LogP contribution in [0.1, 0.15) is 18.5 Å². The van der Waals surface area contributed by atoms with E-state index >= 15 is 0 Å². The molecule has 1 saturated heterocycles. The summed E-state index contributed by atoms with van der Waals surface area (Å²) in [6, 6.07) is 13.5. The average Bonchev–Trinajstić information content (AvgIpc) is 3.18. The first-order valence-corrected chi connectivity index (χ1v) is 9.35. The summed E-state index contributed by atoms with van der Waals surface area (Å²) < 4.78 is 0. The predicted octanol–water partition coefficient (Wildman–Crippen LogP) is 1.22. The van der Waals surface area contributed by atoms with Crippen molar-refractivity contribution in [2.24, 2.45) is 0 Å². The molecule has 0 saturated carbocycles. The molecule has 144 valence electrons. The van der Waals surface area contributed by atoms with Crippen LogP contribution in [0, 0.1) is 6.92 Å². The third-order valence-electron chi connectivity index (χ3n) is 4.66. The van der Waals surface area contributed by atoms with E-state index in [0.29, 0.717) is 12.4 Å². The summed E-state index contributed by atoms with van der Waals surface area (Å²) in [5, 5.41) is 23.7. The Morgan fingerprint density at radius 1 is 1.14 bits per heavy atom. The maximum atomic E-state index is 12.4.